The number of carboxylic acid groups (broad SMARTS) is 1. The van der Waals surface area contributed by atoms with E-state index in [2.05, 4.69) is 69.3 Å². The number of nitrogens with zero attached hydrogens (tertiary/aromatic N) is 2. The third kappa shape index (κ3) is 5.53. The second kappa shape index (κ2) is 12.8. The van der Waals surface area contributed by atoms with Gasteiger partial charge >= 0.3 is 5.97 Å². The maximum absolute atomic E-state index is 12.6. The number of hydrogen-bond donors (Lipinski definition) is 2. The summed E-state index contributed by atoms with van der Waals surface area (Å²) in [6, 6.07) is 7.64. The maximum atomic E-state index is 12.6. The fourth-order valence-corrected chi connectivity index (χ4v) is 14.6. The van der Waals surface area contributed by atoms with Crippen molar-refractivity contribution >= 4 is 17.4 Å². The summed E-state index contributed by atoms with van der Waals surface area (Å²) < 4.78 is 0. The van der Waals surface area contributed by atoms with Crippen LogP contribution in [-0.2, 0) is 4.79 Å². The maximum Gasteiger partial charge on any atom is 0.335 e. The fraction of sp³-hybridized carbons (Fsp3) is 0.739. The molecule has 284 valence electrons. The Labute approximate surface area is 314 Å². The molecule has 6 heteroatoms. The number of carbonyl (C=O) groups excluding carboxylic acids is 1. The predicted molar refractivity (Wildman–Crippen MR) is 210 cm³/mol. The van der Waals surface area contributed by atoms with Gasteiger partial charge in [0.25, 0.3) is 0 Å². The lowest BCUT2D eigenvalue weighted by molar-refractivity contribution is -0.219. The average molecular weight is 710 g/mol. The predicted octanol–water partition coefficient (Wildman–Crippen LogP) is 8.93. The number of fused-ring (bicyclic) bond motifs is 7. The average Bonchev–Trinajstić information content (AvgIpc) is 3.89. The normalized spacial score (nSPS) is 41.2. The number of carboxylic acids is 1. The smallest absolute Gasteiger partial charge is 0.335 e. The highest BCUT2D eigenvalue weighted by atomic mass is 16.4. The molecule has 1 heterocycles. The molecule has 1 aromatic carbocycles. The van der Waals surface area contributed by atoms with Crippen LogP contribution in [0.4, 0.5) is 0 Å². The van der Waals surface area contributed by atoms with Crippen LogP contribution < -0.4 is 5.32 Å². The minimum absolute atomic E-state index is 0.0261. The molecule has 1 aromatic rings. The second-order valence-corrected chi connectivity index (χ2v) is 20.1. The molecule has 0 aromatic heterocycles. The molecule has 0 bridgehead atoms. The Morgan fingerprint density at radius 1 is 0.846 bits per heavy atom. The van der Waals surface area contributed by atoms with Gasteiger partial charge in [-0.25, -0.2) is 4.79 Å². The van der Waals surface area contributed by atoms with E-state index in [1.165, 1.54) is 68.1 Å². The number of hydrogen-bond acceptors (Lipinski definition) is 4. The molecule has 0 radical (unpaired) electrons. The molecule has 1 amide bonds. The lowest BCUT2D eigenvalue weighted by Crippen LogP contribution is -2.68. The van der Waals surface area contributed by atoms with Gasteiger partial charge in [0.05, 0.1) is 5.56 Å². The first kappa shape index (κ1) is 36.5. The van der Waals surface area contributed by atoms with E-state index in [9.17, 15) is 14.7 Å². The highest BCUT2D eigenvalue weighted by Gasteiger charge is 2.70. The number of benzene rings is 1. The number of aromatic carboxylic acids is 1. The van der Waals surface area contributed by atoms with E-state index in [1.807, 2.05) is 12.1 Å². The summed E-state index contributed by atoms with van der Waals surface area (Å²) in [6.07, 6.45) is 16.3. The van der Waals surface area contributed by atoms with Crippen molar-refractivity contribution in [3.63, 3.8) is 0 Å². The number of nitrogens with one attached hydrogen (secondary N) is 1. The Morgan fingerprint density at radius 3 is 2.21 bits per heavy atom. The number of amides is 1. The fourth-order valence-electron chi connectivity index (χ4n) is 14.6. The van der Waals surface area contributed by atoms with Crippen LogP contribution in [0.3, 0.4) is 0 Å². The highest BCUT2D eigenvalue weighted by molar-refractivity contribution is 5.88. The van der Waals surface area contributed by atoms with Crippen LogP contribution in [-0.4, -0.2) is 71.6 Å². The Balaban J connectivity index is 1.01. The minimum atomic E-state index is -0.859. The summed E-state index contributed by atoms with van der Waals surface area (Å²) in [4.78, 5) is 28.9. The van der Waals surface area contributed by atoms with Crippen LogP contribution in [0.25, 0.3) is 5.57 Å². The first-order valence-electron chi connectivity index (χ1n) is 21.1. The van der Waals surface area contributed by atoms with Crippen molar-refractivity contribution in [1.29, 1.82) is 0 Å². The van der Waals surface area contributed by atoms with E-state index in [1.54, 1.807) is 12.1 Å². The van der Waals surface area contributed by atoms with E-state index < -0.39 is 5.97 Å². The zero-order chi connectivity index (χ0) is 36.8. The molecule has 3 unspecified atom stereocenters. The quantitative estimate of drug-likeness (QED) is 0.264. The molecule has 5 saturated carbocycles. The summed E-state index contributed by atoms with van der Waals surface area (Å²) in [5.41, 5.74) is 5.46. The minimum Gasteiger partial charge on any atom is -0.478 e. The van der Waals surface area contributed by atoms with Crippen molar-refractivity contribution in [2.45, 2.75) is 118 Å². The van der Waals surface area contributed by atoms with Gasteiger partial charge in [0, 0.05) is 50.7 Å². The highest BCUT2D eigenvalue weighted by Crippen LogP contribution is 2.76. The van der Waals surface area contributed by atoms with Gasteiger partial charge in [0.2, 0.25) is 5.91 Å². The summed E-state index contributed by atoms with van der Waals surface area (Å²) in [6.45, 7) is 26.0. The lowest BCUT2D eigenvalue weighted by Gasteiger charge is -2.72. The number of allylic oxidation sites excluding steroid dienone is 3. The molecule has 7 aliphatic rings. The Bertz CT molecular complexity index is 1620. The molecular formula is C46H67N3O3. The van der Waals surface area contributed by atoms with Crippen molar-refractivity contribution in [2.75, 3.05) is 39.3 Å². The molecule has 52 heavy (non-hydrogen) atoms. The van der Waals surface area contributed by atoms with Crippen molar-refractivity contribution in [2.24, 2.45) is 57.2 Å². The summed E-state index contributed by atoms with van der Waals surface area (Å²) in [5, 5.41) is 13.8. The molecule has 6 aliphatic carbocycles. The van der Waals surface area contributed by atoms with Crippen LogP contribution in [0.5, 0.6) is 0 Å². The molecule has 0 spiro atoms. The number of rotatable bonds is 8. The third-order valence-corrected chi connectivity index (χ3v) is 17.6. The van der Waals surface area contributed by atoms with E-state index in [-0.39, 0.29) is 16.4 Å². The molecule has 6 fully saturated rings. The summed E-state index contributed by atoms with van der Waals surface area (Å²) in [5.74, 6) is 3.15. The van der Waals surface area contributed by atoms with Gasteiger partial charge in [-0.3, -0.25) is 9.69 Å². The van der Waals surface area contributed by atoms with E-state index in [0.29, 0.717) is 57.8 Å². The molecule has 1 aliphatic heterocycles. The molecule has 8 rings (SSSR count). The lowest BCUT2D eigenvalue weighted by atomic mass is 9.33. The van der Waals surface area contributed by atoms with Gasteiger partial charge in [-0.05, 0) is 152 Å². The van der Waals surface area contributed by atoms with Gasteiger partial charge in [-0.1, -0.05) is 65.0 Å². The van der Waals surface area contributed by atoms with Gasteiger partial charge in [-0.15, -0.1) is 0 Å². The van der Waals surface area contributed by atoms with Crippen LogP contribution >= 0.6 is 0 Å². The molecule has 1 saturated heterocycles. The Morgan fingerprint density at radius 2 is 1.56 bits per heavy atom. The van der Waals surface area contributed by atoms with Crippen molar-refractivity contribution in [3.05, 3.63) is 53.6 Å². The van der Waals surface area contributed by atoms with Crippen molar-refractivity contribution in [1.82, 2.24) is 15.1 Å². The van der Waals surface area contributed by atoms with E-state index in [0.717, 1.165) is 58.5 Å². The largest absolute Gasteiger partial charge is 0.478 e. The molecular weight excluding hydrogens is 643 g/mol. The SMILES string of the molecule is C=C(C)[C@@H]1CC[C@]2(NCCN3CCN(C(=O)C4CC4)CC3)CC[C@]3(C)[C@H](CCC4[C@@]5(C)CC=C(c6ccc(C(=O)O)cc6)C(C)(C)C5CC[C@]43C)C12. The monoisotopic (exact) mass is 710 g/mol. The van der Waals surface area contributed by atoms with Crippen molar-refractivity contribution in [3.8, 4) is 0 Å². The van der Waals surface area contributed by atoms with Gasteiger partial charge in [0.15, 0.2) is 0 Å². The van der Waals surface area contributed by atoms with Gasteiger partial charge in [0.1, 0.15) is 0 Å². The zero-order valence-corrected chi connectivity index (χ0v) is 33.2. The third-order valence-electron chi connectivity index (χ3n) is 17.6. The van der Waals surface area contributed by atoms with Crippen molar-refractivity contribution < 1.29 is 14.7 Å². The Kier molecular flexibility index (Phi) is 9.01. The summed E-state index contributed by atoms with van der Waals surface area (Å²) in [7, 11) is 0. The van der Waals surface area contributed by atoms with Crippen LogP contribution in [0.1, 0.15) is 128 Å². The van der Waals surface area contributed by atoms with E-state index in [4.69, 9.17) is 0 Å². The number of carbonyl (C=O) groups is 2. The molecule has 2 N–H and O–H groups in total. The molecule has 9 atom stereocenters. The second-order valence-electron chi connectivity index (χ2n) is 20.1. The first-order chi connectivity index (χ1) is 24.6. The number of piperazine rings is 1. The first-order valence-corrected chi connectivity index (χ1v) is 21.1. The van der Waals surface area contributed by atoms with Crippen LogP contribution in [0.2, 0.25) is 0 Å². The van der Waals surface area contributed by atoms with Gasteiger partial charge in [-0.2, -0.15) is 0 Å². The molecule has 6 nitrogen and oxygen atoms in total. The standard InChI is InChI=1S/C46H67N3O3/c1-30(2)34-16-21-46(47-24-25-48-26-28-49(29-27-48)40(50)32-10-11-32)23-22-44(6)36(39(34)46)14-15-38-43(5)19-17-35(31-8-12-33(13-9-31)41(51)52)42(3,4)37(43)18-20-45(38,44)7/h8-9,12-13,17,32,34,36-39,47H,1,10-11,14-16,18-29H2,2-7H3,(H,51,52)/t34-,36+,37?,38?,39?,43-,44+,45+,46-/m0/s1. The van der Waals surface area contributed by atoms with Crippen LogP contribution in [0.15, 0.2) is 42.5 Å². The van der Waals surface area contributed by atoms with Crippen LogP contribution in [0, 0.1) is 57.2 Å². The van der Waals surface area contributed by atoms with E-state index >= 15 is 0 Å². The Hall–Kier alpha value is -2.44. The summed E-state index contributed by atoms with van der Waals surface area (Å²) >= 11 is 0. The van der Waals surface area contributed by atoms with Gasteiger partial charge < -0.3 is 15.3 Å². The topological polar surface area (TPSA) is 72.9 Å². The zero-order valence-electron chi connectivity index (χ0n) is 33.2.